The number of primary amides is 1. The molecule has 0 atom stereocenters. The van der Waals surface area contributed by atoms with Crippen LogP contribution >= 0.6 is 15.9 Å². The number of aryl methyl sites for hydroxylation is 1. The first kappa shape index (κ1) is 30.9. The maximum absolute atomic E-state index is 12.9. The molecule has 2 saturated heterocycles. The summed E-state index contributed by atoms with van der Waals surface area (Å²) in [4.78, 5) is 47.3. The van der Waals surface area contributed by atoms with Crippen molar-refractivity contribution >= 4 is 45.3 Å². The number of piperidine rings is 1. The number of piperazine rings is 1. The molecule has 5 N–H and O–H groups in total. The summed E-state index contributed by atoms with van der Waals surface area (Å²) in [5.41, 5.74) is 12.9. The van der Waals surface area contributed by atoms with Crippen LogP contribution in [0.3, 0.4) is 0 Å². The largest absolute Gasteiger partial charge is 0.395 e. The van der Waals surface area contributed by atoms with Gasteiger partial charge in [0.25, 0.3) is 0 Å². The van der Waals surface area contributed by atoms with E-state index in [2.05, 4.69) is 31.1 Å². The quantitative estimate of drug-likeness (QED) is 0.439. The molecule has 1 aromatic carbocycles. The molecule has 2 fully saturated rings. The third-order valence-corrected chi connectivity index (χ3v) is 7.90. The average molecular weight is 622 g/mol. The highest BCUT2D eigenvalue weighted by Crippen LogP contribution is 2.24. The van der Waals surface area contributed by atoms with Crippen LogP contribution in [0.1, 0.15) is 25.3 Å². The second kappa shape index (κ2) is 14.7. The smallest absolute Gasteiger partial charge is 0.317 e. The Morgan fingerprint density at radius 2 is 1.70 bits per heavy atom. The topological polar surface area (TPSA) is 141 Å². The number of amides is 5. The van der Waals surface area contributed by atoms with Gasteiger partial charge in [0.2, 0.25) is 5.91 Å². The lowest BCUT2D eigenvalue weighted by Crippen LogP contribution is -2.54. The zero-order chi connectivity index (χ0) is 29.2. The van der Waals surface area contributed by atoms with Gasteiger partial charge in [-0.15, -0.1) is 0 Å². The number of rotatable bonds is 5. The van der Waals surface area contributed by atoms with E-state index in [4.69, 9.17) is 11.5 Å². The molecule has 2 aromatic rings. The molecule has 0 unspecified atom stereocenters. The van der Waals surface area contributed by atoms with Crippen molar-refractivity contribution < 1.29 is 18.8 Å². The molecular weight excluding hydrogens is 583 g/mol. The van der Waals surface area contributed by atoms with Crippen molar-refractivity contribution in [2.45, 2.75) is 32.2 Å². The molecule has 4 rings (SSSR count). The number of hydrogen-bond acceptors (Lipinski definition) is 6. The van der Waals surface area contributed by atoms with Crippen LogP contribution in [0.5, 0.6) is 0 Å². The van der Waals surface area contributed by atoms with Gasteiger partial charge < -0.3 is 36.4 Å². The van der Waals surface area contributed by atoms with Gasteiger partial charge in [-0.3, -0.25) is 9.78 Å². The Balaban J connectivity index is 0.000000336. The Hall–Kier alpha value is -3.61. The van der Waals surface area contributed by atoms with Crippen LogP contribution in [-0.2, 0) is 11.2 Å². The first-order chi connectivity index (χ1) is 19.1. The number of anilines is 2. The van der Waals surface area contributed by atoms with E-state index in [9.17, 15) is 18.8 Å². The van der Waals surface area contributed by atoms with Gasteiger partial charge in [0.15, 0.2) is 0 Å². The molecule has 0 bridgehead atoms. The monoisotopic (exact) mass is 620 g/mol. The van der Waals surface area contributed by atoms with Crippen LogP contribution in [0.25, 0.3) is 0 Å². The molecule has 0 aliphatic carbocycles. The Labute approximate surface area is 242 Å². The number of halogens is 2. The maximum atomic E-state index is 12.9. The molecule has 2 aliphatic rings. The van der Waals surface area contributed by atoms with Crippen molar-refractivity contribution in [3.8, 4) is 0 Å². The predicted molar refractivity (Wildman–Crippen MR) is 156 cm³/mol. The second-order valence-corrected chi connectivity index (χ2v) is 10.6. The van der Waals surface area contributed by atoms with E-state index >= 15 is 0 Å². The van der Waals surface area contributed by atoms with Crippen molar-refractivity contribution in [2.75, 3.05) is 63.5 Å². The molecule has 5 amide bonds. The lowest BCUT2D eigenvalue weighted by molar-refractivity contribution is -0.130. The fourth-order valence-electron chi connectivity index (χ4n) is 4.62. The number of likely N-dealkylation sites (tertiary alicyclic amines) is 1. The summed E-state index contributed by atoms with van der Waals surface area (Å²) in [5.74, 6) is -0.424. The number of carbonyl (C=O) groups excluding carboxylic acids is 3. The number of aromatic nitrogens is 1. The molecule has 0 saturated carbocycles. The fraction of sp³-hybridized carbons (Fsp3) is 0.481. The van der Waals surface area contributed by atoms with Crippen molar-refractivity contribution in [3.63, 3.8) is 0 Å². The molecule has 3 heterocycles. The Kier molecular flexibility index (Phi) is 11.4. The Morgan fingerprint density at radius 3 is 2.25 bits per heavy atom. The minimum Gasteiger partial charge on any atom is -0.395 e. The summed E-state index contributed by atoms with van der Waals surface area (Å²) < 4.78 is 13.5. The minimum atomic E-state index is -0.456. The number of nitrogen functional groups attached to an aromatic ring is 1. The van der Waals surface area contributed by atoms with Gasteiger partial charge in [0.05, 0.1) is 12.2 Å². The predicted octanol–water partition coefficient (Wildman–Crippen LogP) is 2.65. The summed E-state index contributed by atoms with van der Waals surface area (Å²) in [6.07, 6.45) is 5.69. The number of hydrogen-bond donors (Lipinski definition) is 3. The average Bonchev–Trinajstić information content (AvgIpc) is 2.98. The number of nitrogens with two attached hydrogens (primary N) is 2. The number of urea groups is 2. The number of pyridine rings is 1. The molecule has 2 aliphatic heterocycles. The second-order valence-electron chi connectivity index (χ2n) is 9.73. The van der Waals surface area contributed by atoms with Gasteiger partial charge in [-0.1, -0.05) is 6.92 Å². The molecule has 0 spiro atoms. The van der Waals surface area contributed by atoms with Crippen LogP contribution in [-0.4, -0.2) is 96.6 Å². The van der Waals surface area contributed by atoms with E-state index in [0.717, 1.165) is 30.8 Å². The van der Waals surface area contributed by atoms with Crippen LogP contribution in [0, 0.1) is 5.82 Å². The molecule has 1 aromatic heterocycles. The van der Waals surface area contributed by atoms with Crippen LogP contribution in [0.15, 0.2) is 41.1 Å². The Morgan fingerprint density at radius 1 is 1.07 bits per heavy atom. The highest BCUT2D eigenvalue weighted by Gasteiger charge is 2.27. The number of carbonyl (C=O) groups is 3. The zero-order valence-electron chi connectivity index (χ0n) is 23.0. The maximum Gasteiger partial charge on any atom is 0.317 e. The number of benzene rings is 1. The fourth-order valence-corrected chi connectivity index (χ4v) is 5.10. The lowest BCUT2D eigenvalue weighted by atomic mass is 10.0. The van der Waals surface area contributed by atoms with Gasteiger partial charge in [0.1, 0.15) is 5.82 Å². The van der Waals surface area contributed by atoms with Crippen molar-refractivity contribution in [1.29, 1.82) is 0 Å². The van der Waals surface area contributed by atoms with Gasteiger partial charge in [-0.25, -0.2) is 14.0 Å². The molecule has 40 heavy (non-hydrogen) atoms. The lowest BCUT2D eigenvalue weighted by Gasteiger charge is -2.37. The van der Waals surface area contributed by atoms with E-state index < -0.39 is 6.03 Å². The molecular formula is C27H38BrFN8O3. The van der Waals surface area contributed by atoms with Crippen LogP contribution < -0.4 is 21.7 Å². The normalized spacial score (nSPS) is 15.7. The van der Waals surface area contributed by atoms with Crippen LogP contribution in [0.2, 0.25) is 0 Å². The number of nitrogens with zero attached hydrogens (tertiary/aromatic N) is 5. The summed E-state index contributed by atoms with van der Waals surface area (Å²) in [6, 6.07) is 6.56. The first-order valence-electron chi connectivity index (χ1n) is 13.3. The van der Waals surface area contributed by atoms with E-state index in [-0.39, 0.29) is 36.0 Å². The van der Waals surface area contributed by atoms with Gasteiger partial charge in [0, 0.05) is 74.9 Å². The van der Waals surface area contributed by atoms with E-state index in [1.165, 1.54) is 11.0 Å². The molecule has 218 valence electrons. The minimum absolute atomic E-state index is 0.00475. The highest BCUT2D eigenvalue weighted by molar-refractivity contribution is 9.10. The van der Waals surface area contributed by atoms with E-state index in [0.29, 0.717) is 43.5 Å². The molecule has 13 heteroatoms. The molecule has 11 nitrogen and oxygen atoms in total. The summed E-state index contributed by atoms with van der Waals surface area (Å²) in [6.45, 7) is 5.80. The van der Waals surface area contributed by atoms with Gasteiger partial charge in [-0.2, -0.15) is 0 Å². The third kappa shape index (κ3) is 8.44. The summed E-state index contributed by atoms with van der Waals surface area (Å²) in [5, 5.41) is 2.73. The highest BCUT2D eigenvalue weighted by atomic mass is 79.9. The van der Waals surface area contributed by atoms with Gasteiger partial charge >= 0.3 is 12.1 Å². The number of nitrogens with one attached hydrogen (secondary N) is 1. The third-order valence-electron chi connectivity index (χ3n) is 7.25. The standard InChI is InChI=1S/C19H29N7O3.C8H9BrFN/c1-23(18(20)28)15-4-8-26(9-5-15)19(29)22-14-17(27)25-12-10-24(11-13-25)16-2-6-21-7-3-16;1-2-5-3-6(9)8(11)7(10)4-5/h2-3,6-7,15H,4-5,8-14H2,1H3,(H2,20,28)(H,22,29);3-4H,2,11H2,1H3. The van der Waals surface area contributed by atoms with Crippen molar-refractivity contribution in [2.24, 2.45) is 5.73 Å². The van der Waals surface area contributed by atoms with E-state index in [1.54, 1.807) is 29.2 Å². The summed E-state index contributed by atoms with van der Waals surface area (Å²) >= 11 is 3.17. The van der Waals surface area contributed by atoms with Gasteiger partial charge in [-0.05, 0) is 65.0 Å². The van der Waals surface area contributed by atoms with Crippen molar-refractivity contribution in [1.82, 2.24) is 25.0 Å². The first-order valence-corrected chi connectivity index (χ1v) is 14.1. The van der Waals surface area contributed by atoms with Crippen LogP contribution in [0.4, 0.5) is 25.4 Å². The zero-order valence-corrected chi connectivity index (χ0v) is 24.6. The van der Waals surface area contributed by atoms with Crippen molar-refractivity contribution in [3.05, 3.63) is 52.5 Å². The molecule has 0 radical (unpaired) electrons. The SMILES string of the molecule is CCc1cc(F)c(N)c(Br)c1.CN(C(N)=O)C1CCN(C(=O)NCC(=O)N2CCN(c3ccncc3)CC2)CC1. The van der Waals surface area contributed by atoms with E-state index in [1.807, 2.05) is 25.1 Å². The Bertz CT molecular complexity index is 1130. The summed E-state index contributed by atoms with van der Waals surface area (Å²) in [7, 11) is 1.68.